The van der Waals surface area contributed by atoms with Gasteiger partial charge in [-0.2, -0.15) is 0 Å². The van der Waals surface area contributed by atoms with Crippen molar-refractivity contribution in [2.45, 2.75) is 37.8 Å². The van der Waals surface area contributed by atoms with Gasteiger partial charge in [-0.25, -0.2) is 17.1 Å². The van der Waals surface area contributed by atoms with E-state index < -0.39 is 10.0 Å². The molecule has 168 valence electrons. The van der Waals surface area contributed by atoms with Gasteiger partial charge in [0.15, 0.2) is 0 Å². The monoisotopic (exact) mass is 441 g/mol. The van der Waals surface area contributed by atoms with Crippen LogP contribution in [-0.4, -0.2) is 93.2 Å². The van der Waals surface area contributed by atoms with E-state index in [-0.39, 0.29) is 24.2 Å². The lowest BCUT2D eigenvalue weighted by atomic mass is 10.0. The summed E-state index contributed by atoms with van der Waals surface area (Å²) in [4.78, 5) is 16.6. The summed E-state index contributed by atoms with van der Waals surface area (Å²) < 4.78 is 44.8. The molecule has 30 heavy (non-hydrogen) atoms. The van der Waals surface area contributed by atoms with Gasteiger partial charge < -0.3 is 9.64 Å². The second-order valence-electron chi connectivity index (χ2n) is 8.23. The van der Waals surface area contributed by atoms with E-state index in [1.807, 2.05) is 0 Å². The summed E-state index contributed by atoms with van der Waals surface area (Å²) in [6.07, 6.45) is 3.89. The van der Waals surface area contributed by atoms with Gasteiger partial charge in [-0.1, -0.05) is 18.2 Å². The predicted octanol–water partition coefficient (Wildman–Crippen LogP) is 1.34. The van der Waals surface area contributed by atoms with Crippen LogP contribution >= 0.6 is 0 Å². The Hall–Kier alpha value is -1.55. The molecular formula is C21H32FN3O4S. The highest BCUT2D eigenvalue weighted by Crippen LogP contribution is 2.24. The molecule has 2 aliphatic rings. The average molecular weight is 442 g/mol. The third-order valence-electron chi connectivity index (χ3n) is 6.14. The zero-order valence-corrected chi connectivity index (χ0v) is 18.6. The Morgan fingerprint density at radius 1 is 1.17 bits per heavy atom. The number of hydrogen-bond acceptors (Lipinski definition) is 5. The summed E-state index contributed by atoms with van der Waals surface area (Å²) >= 11 is 0. The highest BCUT2D eigenvalue weighted by atomic mass is 32.2. The van der Waals surface area contributed by atoms with Crippen LogP contribution in [0.25, 0.3) is 0 Å². The molecule has 2 heterocycles. The highest BCUT2D eigenvalue weighted by Gasteiger charge is 2.35. The van der Waals surface area contributed by atoms with Crippen LogP contribution in [0.5, 0.6) is 0 Å². The normalized spacial score (nSPS) is 21.3. The zero-order chi connectivity index (χ0) is 21.7. The predicted molar refractivity (Wildman–Crippen MR) is 113 cm³/mol. The fourth-order valence-electron chi connectivity index (χ4n) is 4.29. The van der Waals surface area contributed by atoms with E-state index in [1.165, 1.54) is 16.6 Å². The molecule has 1 atom stereocenters. The van der Waals surface area contributed by atoms with E-state index >= 15 is 0 Å². The van der Waals surface area contributed by atoms with Gasteiger partial charge in [0.25, 0.3) is 0 Å². The van der Waals surface area contributed by atoms with E-state index in [0.717, 1.165) is 19.3 Å². The van der Waals surface area contributed by atoms with Crippen LogP contribution in [-0.2, 0) is 26.0 Å². The summed E-state index contributed by atoms with van der Waals surface area (Å²) in [5.74, 6) is -0.494. The van der Waals surface area contributed by atoms with Crippen LogP contribution in [0.4, 0.5) is 4.39 Å². The average Bonchev–Trinajstić information content (AvgIpc) is 3.21. The minimum absolute atomic E-state index is 0.0335. The van der Waals surface area contributed by atoms with E-state index in [2.05, 4.69) is 4.90 Å². The summed E-state index contributed by atoms with van der Waals surface area (Å²) in [5.41, 5.74) is 0.398. The van der Waals surface area contributed by atoms with Crippen LogP contribution in [0, 0.1) is 5.82 Å². The van der Waals surface area contributed by atoms with Gasteiger partial charge in [-0.05, 0) is 30.9 Å². The van der Waals surface area contributed by atoms with Crippen LogP contribution in [0.2, 0.25) is 0 Å². The Morgan fingerprint density at radius 2 is 1.87 bits per heavy atom. The maximum absolute atomic E-state index is 13.9. The Bertz CT molecular complexity index is 829. The van der Waals surface area contributed by atoms with Crippen molar-refractivity contribution in [2.75, 3.05) is 52.7 Å². The van der Waals surface area contributed by atoms with Crippen molar-refractivity contribution in [3.63, 3.8) is 0 Å². The van der Waals surface area contributed by atoms with E-state index in [9.17, 15) is 17.6 Å². The standard InChI is InChI=1S/C21H32FN3O4S/c1-23(21(26)15-17-5-3-4-6-20(17)22)11-12-25(18-8-13-29-14-9-18)19-7-10-24(16-19)30(2,27)28/h3-6,18-19H,7-16H2,1-2H3. The maximum Gasteiger partial charge on any atom is 0.226 e. The van der Waals surface area contributed by atoms with Gasteiger partial charge in [-0.3, -0.25) is 9.69 Å². The Kier molecular flexibility index (Phi) is 7.84. The third kappa shape index (κ3) is 6.00. The lowest BCUT2D eigenvalue weighted by Gasteiger charge is -2.39. The van der Waals surface area contributed by atoms with Crippen LogP contribution in [0.3, 0.4) is 0 Å². The summed E-state index contributed by atoms with van der Waals surface area (Å²) in [6, 6.07) is 6.79. The number of carbonyl (C=O) groups is 1. The molecule has 1 amide bonds. The van der Waals surface area contributed by atoms with Crippen molar-refractivity contribution >= 4 is 15.9 Å². The molecule has 0 bridgehead atoms. The van der Waals surface area contributed by atoms with E-state index in [0.29, 0.717) is 51.0 Å². The fraction of sp³-hybridized carbons (Fsp3) is 0.667. The number of benzene rings is 1. The first-order valence-electron chi connectivity index (χ1n) is 10.5. The van der Waals surface area contributed by atoms with Crippen LogP contribution in [0.15, 0.2) is 24.3 Å². The van der Waals surface area contributed by atoms with E-state index in [1.54, 1.807) is 30.1 Å². The number of rotatable bonds is 8. The molecule has 0 saturated carbocycles. The van der Waals surface area contributed by atoms with Crippen molar-refractivity contribution in [2.24, 2.45) is 0 Å². The van der Waals surface area contributed by atoms with Crippen molar-refractivity contribution < 1.29 is 22.3 Å². The molecule has 2 aliphatic heterocycles. The molecule has 3 rings (SSSR count). The van der Waals surface area contributed by atoms with Gasteiger partial charge >= 0.3 is 0 Å². The van der Waals surface area contributed by atoms with E-state index in [4.69, 9.17) is 4.74 Å². The minimum atomic E-state index is -3.20. The Labute approximate surface area is 178 Å². The largest absolute Gasteiger partial charge is 0.381 e. The van der Waals surface area contributed by atoms with Gasteiger partial charge in [-0.15, -0.1) is 0 Å². The second-order valence-corrected chi connectivity index (χ2v) is 10.2. The van der Waals surface area contributed by atoms with Gasteiger partial charge in [0, 0.05) is 58.5 Å². The smallest absolute Gasteiger partial charge is 0.226 e. The number of amides is 1. The second kappa shape index (κ2) is 10.2. The summed E-state index contributed by atoms with van der Waals surface area (Å²) in [7, 11) is -1.46. The maximum atomic E-state index is 13.9. The molecule has 7 nitrogen and oxygen atoms in total. The third-order valence-corrected chi connectivity index (χ3v) is 7.41. The highest BCUT2D eigenvalue weighted by molar-refractivity contribution is 7.88. The van der Waals surface area contributed by atoms with Gasteiger partial charge in [0.2, 0.25) is 15.9 Å². The Balaban J connectivity index is 1.61. The molecule has 0 aliphatic carbocycles. The van der Waals surface area contributed by atoms with Crippen molar-refractivity contribution in [3.05, 3.63) is 35.6 Å². The molecule has 1 aromatic rings. The number of likely N-dealkylation sites (N-methyl/N-ethyl adjacent to an activating group) is 1. The summed E-state index contributed by atoms with van der Waals surface area (Å²) in [6.45, 7) is 3.60. The molecular weight excluding hydrogens is 409 g/mol. The minimum Gasteiger partial charge on any atom is -0.381 e. The lowest BCUT2D eigenvalue weighted by molar-refractivity contribution is -0.129. The van der Waals surface area contributed by atoms with Crippen molar-refractivity contribution in [1.82, 2.24) is 14.1 Å². The topological polar surface area (TPSA) is 70.2 Å². The molecule has 1 unspecified atom stereocenters. The van der Waals surface area contributed by atoms with Gasteiger partial charge in [0.05, 0.1) is 12.7 Å². The fourth-order valence-corrected chi connectivity index (χ4v) is 5.17. The first-order chi connectivity index (χ1) is 14.3. The molecule has 9 heteroatoms. The molecule has 0 radical (unpaired) electrons. The summed E-state index contributed by atoms with van der Waals surface area (Å²) in [5, 5.41) is 0. The molecule has 1 aromatic carbocycles. The molecule has 2 saturated heterocycles. The number of ether oxygens (including phenoxy) is 1. The van der Waals surface area contributed by atoms with Crippen LogP contribution in [0.1, 0.15) is 24.8 Å². The quantitative estimate of drug-likeness (QED) is 0.609. The Morgan fingerprint density at radius 3 is 2.50 bits per heavy atom. The molecule has 0 N–H and O–H groups in total. The number of nitrogens with zero attached hydrogens (tertiary/aromatic N) is 3. The number of carbonyl (C=O) groups excluding carboxylic acids is 1. The van der Waals surface area contributed by atoms with Crippen LogP contribution < -0.4 is 0 Å². The number of hydrogen-bond donors (Lipinski definition) is 0. The molecule has 0 spiro atoms. The zero-order valence-electron chi connectivity index (χ0n) is 17.8. The van der Waals surface area contributed by atoms with Crippen molar-refractivity contribution in [1.29, 1.82) is 0 Å². The molecule has 0 aromatic heterocycles. The number of halogens is 1. The number of sulfonamides is 1. The van der Waals surface area contributed by atoms with Crippen molar-refractivity contribution in [3.8, 4) is 0 Å². The first-order valence-corrected chi connectivity index (χ1v) is 12.4. The first kappa shape index (κ1) is 23.1. The SMILES string of the molecule is CN(CCN(C1CCOCC1)C1CCN(S(C)(=O)=O)C1)C(=O)Cc1ccccc1F. The molecule has 2 fully saturated rings. The lowest BCUT2D eigenvalue weighted by Crippen LogP contribution is -2.50. The van der Waals surface area contributed by atoms with Gasteiger partial charge in [0.1, 0.15) is 5.82 Å².